The van der Waals surface area contributed by atoms with Crippen LogP contribution in [0, 0.1) is 12.8 Å². The minimum Gasteiger partial charge on any atom is -0.316 e. The Labute approximate surface area is 96.1 Å². The lowest BCUT2D eigenvalue weighted by molar-refractivity contribution is 0.501. The summed E-state index contributed by atoms with van der Waals surface area (Å²) in [5.41, 5.74) is 0. The molecule has 84 valence electrons. The van der Waals surface area contributed by atoms with Crippen LogP contribution in [-0.2, 0) is 6.54 Å². The highest BCUT2D eigenvalue weighted by Gasteiger charge is 2.13. The maximum absolute atomic E-state index is 3.52. The average Bonchev–Trinajstić information content (AvgIpc) is 2.84. The first-order chi connectivity index (χ1) is 7.34. The van der Waals surface area contributed by atoms with Crippen LogP contribution in [0.15, 0.2) is 12.1 Å². The van der Waals surface area contributed by atoms with Crippen LogP contribution >= 0.6 is 11.3 Å². The molecule has 1 unspecified atom stereocenters. The minimum atomic E-state index is 0.905. The topological polar surface area (TPSA) is 24.1 Å². The van der Waals surface area contributed by atoms with Crippen molar-refractivity contribution in [3.8, 4) is 0 Å². The molecule has 1 aromatic rings. The zero-order valence-electron chi connectivity index (χ0n) is 9.38. The highest BCUT2D eigenvalue weighted by Crippen LogP contribution is 2.15. The van der Waals surface area contributed by atoms with Gasteiger partial charge in [-0.3, -0.25) is 0 Å². The molecule has 0 radical (unpaired) electrons. The van der Waals surface area contributed by atoms with Crippen molar-refractivity contribution in [2.75, 3.05) is 19.6 Å². The molecule has 1 aromatic heterocycles. The van der Waals surface area contributed by atoms with Crippen LogP contribution in [0.4, 0.5) is 0 Å². The molecule has 2 heterocycles. The first-order valence-electron chi connectivity index (χ1n) is 5.81. The van der Waals surface area contributed by atoms with Gasteiger partial charge in [-0.25, -0.2) is 0 Å². The van der Waals surface area contributed by atoms with Crippen LogP contribution in [0.3, 0.4) is 0 Å². The van der Waals surface area contributed by atoms with Crippen LogP contribution in [0.25, 0.3) is 0 Å². The first kappa shape index (κ1) is 11.1. The fourth-order valence-corrected chi connectivity index (χ4v) is 2.92. The summed E-state index contributed by atoms with van der Waals surface area (Å²) in [6.07, 6.45) is 2.68. The van der Waals surface area contributed by atoms with E-state index in [1.165, 1.54) is 35.7 Å². The van der Waals surface area contributed by atoms with Crippen molar-refractivity contribution in [2.45, 2.75) is 26.3 Å². The Kier molecular flexibility index (Phi) is 4.18. The molecule has 15 heavy (non-hydrogen) atoms. The Morgan fingerprint density at radius 1 is 1.53 bits per heavy atom. The number of thiophene rings is 1. The molecule has 2 rings (SSSR count). The summed E-state index contributed by atoms with van der Waals surface area (Å²) in [7, 11) is 0. The molecule has 2 nitrogen and oxygen atoms in total. The lowest BCUT2D eigenvalue weighted by Gasteiger charge is -2.08. The molecule has 0 amide bonds. The molecule has 1 fully saturated rings. The lowest BCUT2D eigenvalue weighted by Crippen LogP contribution is -2.18. The third kappa shape index (κ3) is 3.59. The van der Waals surface area contributed by atoms with E-state index >= 15 is 0 Å². The van der Waals surface area contributed by atoms with Crippen molar-refractivity contribution in [1.82, 2.24) is 10.6 Å². The van der Waals surface area contributed by atoms with Crippen molar-refractivity contribution >= 4 is 11.3 Å². The average molecular weight is 224 g/mol. The maximum atomic E-state index is 3.52. The maximum Gasteiger partial charge on any atom is 0.0299 e. The van der Waals surface area contributed by atoms with Gasteiger partial charge in [0.15, 0.2) is 0 Å². The van der Waals surface area contributed by atoms with E-state index in [0.717, 1.165) is 19.0 Å². The molecular formula is C12H20N2S. The first-order valence-corrected chi connectivity index (χ1v) is 6.63. The van der Waals surface area contributed by atoms with E-state index < -0.39 is 0 Å². The second-order valence-corrected chi connectivity index (χ2v) is 5.71. The van der Waals surface area contributed by atoms with Gasteiger partial charge in [-0.15, -0.1) is 11.3 Å². The molecule has 1 aliphatic heterocycles. The SMILES string of the molecule is Cc1ccc(CNCCC2CCNC2)s1. The summed E-state index contributed by atoms with van der Waals surface area (Å²) in [6.45, 7) is 6.80. The minimum absolute atomic E-state index is 0.905. The van der Waals surface area contributed by atoms with E-state index in [1.807, 2.05) is 11.3 Å². The molecule has 0 spiro atoms. The van der Waals surface area contributed by atoms with E-state index in [0.29, 0.717) is 0 Å². The normalized spacial score (nSPS) is 21.0. The summed E-state index contributed by atoms with van der Waals surface area (Å²) >= 11 is 1.90. The highest BCUT2D eigenvalue weighted by atomic mass is 32.1. The van der Waals surface area contributed by atoms with Gasteiger partial charge in [-0.2, -0.15) is 0 Å². The van der Waals surface area contributed by atoms with Crippen LogP contribution in [0.2, 0.25) is 0 Å². The van der Waals surface area contributed by atoms with Gasteiger partial charge in [0.1, 0.15) is 0 Å². The van der Waals surface area contributed by atoms with E-state index in [2.05, 4.69) is 29.7 Å². The smallest absolute Gasteiger partial charge is 0.0299 e. The molecule has 1 aliphatic rings. The van der Waals surface area contributed by atoms with Crippen molar-refractivity contribution in [3.05, 3.63) is 21.9 Å². The van der Waals surface area contributed by atoms with E-state index in [-0.39, 0.29) is 0 Å². The largest absolute Gasteiger partial charge is 0.316 e. The van der Waals surface area contributed by atoms with Gasteiger partial charge in [0.2, 0.25) is 0 Å². The molecule has 2 N–H and O–H groups in total. The second kappa shape index (κ2) is 5.64. The van der Waals surface area contributed by atoms with Gasteiger partial charge >= 0.3 is 0 Å². The number of aryl methyl sites for hydroxylation is 1. The molecule has 0 bridgehead atoms. The molecule has 0 aromatic carbocycles. The number of nitrogens with one attached hydrogen (secondary N) is 2. The summed E-state index contributed by atoms with van der Waals surface area (Å²) in [6, 6.07) is 4.42. The van der Waals surface area contributed by atoms with Crippen LogP contribution in [-0.4, -0.2) is 19.6 Å². The predicted molar refractivity (Wildman–Crippen MR) is 66.4 cm³/mol. The molecule has 3 heteroatoms. The summed E-state index contributed by atoms with van der Waals surface area (Å²) < 4.78 is 0. The Balaban J connectivity index is 1.58. The van der Waals surface area contributed by atoms with Gasteiger partial charge < -0.3 is 10.6 Å². The number of rotatable bonds is 5. The van der Waals surface area contributed by atoms with E-state index in [1.54, 1.807) is 0 Å². The molecular weight excluding hydrogens is 204 g/mol. The Bertz CT molecular complexity index is 290. The molecule has 0 aliphatic carbocycles. The van der Waals surface area contributed by atoms with Gasteiger partial charge in [0, 0.05) is 16.3 Å². The number of hydrogen-bond donors (Lipinski definition) is 2. The van der Waals surface area contributed by atoms with Crippen LogP contribution in [0.5, 0.6) is 0 Å². The van der Waals surface area contributed by atoms with Crippen molar-refractivity contribution in [2.24, 2.45) is 5.92 Å². The zero-order chi connectivity index (χ0) is 10.5. The summed E-state index contributed by atoms with van der Waals surface area (Å²) in [4.78, 5) is 2.86. The third-order valence-corrected chi connectivity index (χ3v) is 3.99. The Morgan fingerprint density at radius 3 is 3.13 bits per heavy atom. The molecule has 1 atom stereocenters. The van der Waals surface area contributed by atoms with Crippen molar-refractivity contribution in [3.63, 3.8) is 0 Å². The Morgan fingerprint density at radius 2 is 2.47 bits per heavy atom. The molecule has 1 saturated heterocycles. The van der Waals surface area contributed by atoms with Gasteiger partial charge in [-0.1, -0.05) is 0 Å². The highest BCUT2D eigenvalue weighted by molar-refractivity contribution is 7.11. The standard InChI is InChI=1S/C12H20N2S/c1-10-2-3-12(15-10)9-14-7-5-11-4-6-13-8-11/h2-3,11,13-14H,4-9H2,1H3. The predicted octanol–water partition coefficient (Wildman–Crippen LogP) is 2.15. The quantitative estimate of drug-likeness (QED) is 0.749. The van der Waals surface area contributed by atoms with Crippen LogP contribution in [0.1, 0.15) is 22.6 Å². The monoisotopic (exact) mass is 224 g/mol. The second-order valence-electron chi connectivity index (χ2n) is 4.34. The van der Waals surface area contributed by atoms with E-state index in [4.69, 9.17) is 0 Å². The van der Waals surface area contributed by atoms with Gasteiger partial charge in [0.05, 0.1) is 0 Å². The third-order valence-electron chi connectivity index (χ3n) is 2.99. The summed E-state index contributed by atoms with van der Waals surface area (Å²) in [5.74, 6) is 0.905. The number of hydrogen-bond acceptors (Lipinski definition) is 3. The summed E-state index contributed by atoms with van der Waals surface area (Å²) in [5, 5.41) is 6.93. The van der Waals surface area contributed by atoms with Crippen LogP contribution < -0.4 is 10.6 Å². The fourth-order valence-electron chi connectivity index (χ4n) is 2.06. The lowest BCUT2D eigenvalue weighted by atomic mass is 10.1. The van der Waals surface area contributed by atoms with Gasteiger partial charge in [0.25, 0.3) is 0 Å². The van der Waals surface area contributed by atoms with Crippen molar-refractivity contribution in [1.29, 1.82) is 0 Å². The Hall–Kier alpha value is -0.380. The van der Waals surface area contributed by atoms with E-state index in [9.17, 15) is 0 Å². The zero-order valence-corrected chi connectivity index (χ0v) is 10.2. The molecule has 0 saturated carbocycles. The fraction of sp³-hybridized carbons (Fsp3) is 0.667. The van der Waals surface area contributed by atoms with Crippen molar-refractivity contribution < 1.29 is 0 Å². The van der Waals surface area contributed by atoms with Gasteiger partial charge in [-0.05, 0) is 57.5 Å².